The number of carbonyl (C=O) groups is 1. The van der Waals surface area contributed by atoms with Crippen LogP contribution >= 0.6 is 0 Å². The Kier molecular flexibility index (Phi) is 5.94. The minimum Gasteiger partial charge on any atom is -0.462 e. The number of carbonyl (C=O) groups excluding carboxylic acids is 1. The van der Waals surface area contributed by atoms with Gasteiger partial charge in [-0.05, 0) is 43.4 Å². The first-order chi connectivity index (χ1) is 15.5. The molecule has 0 amide bonds. The zero-order valence-corrected chi connectivity index (χ0v) is 19.3. The zero-order chi connectivity index (χ0) is 22.1. The summed E-state index contributed by atoms with van der Waals surface area (Å²) in [5.41, 5.74) is 4.30. The molecule has 1 aliphatic heterocycles. The van der Waals surface area contributed by atoms with Crippen molar-refractivity contribution >= 4 is 5.97 Å². The summed E-state index contributed by atoms with van der Waals surface area (Å²) >= 11 is 0. The Labute approximate surface area is 192 Å². The van der Waals surface area contributed by atoms with E-state index < -0.39 is 0 Å². The number of quaternary nitrogens is 1. The normalized spacial score (nSPS) is 31.8. The lowest BCUT2D eigenvalue weighted by Crippen LogP contribution is -3.10. The minimum absolute atomic E-state index is 0.0123. The van der Waals surface area contributed by atoms with Gasteiger partial charge in [-0.25, -0.2) is 0 Å². The van der Waals surface area contributed by atoms with Crippen molar-refractivity contribution in [1.29, 1.82) is 0 Å². The van der Waals surface area contributed by atoms with Crippen molar-refractivity contribution in [2.75, 3.05) is 6.54 Å². The zero-order valence-electron chi connectivity index (χ0n) is 19.3. The maximum absolute atomic E-state index is 13.1. The molecule has 168 valence electrons. The van der Waals surface area contributed by atoms with Crippen LogP contribution < -0.4 is 4.90 Å². The number of hydrogen-bond acceptors (Lipinski definition) is 2. The SMILES string of the molecule is C=C1CCC[C@@]2(C)C[C@H]3OC(=O)[C@@H](C[NH+](Cc4ccccc4)Cc4ccccc4)[C@@H]3C[C@H]12. The van der Waals surface area contributed by atoms with E-state index in [9.17, 15) is 4.79 Å². The molecule has 3 nitrogen and oxygen atoms in total. The largest absolute Gasteiger partial charge is 0.462 e. The Balaban J connectivity index is 1.36. The van der Waals surface area contributed by atoms with Crippen LogP contribution in [-0.4, -0.2) is 18.6 Å². The molecule has 0 bridgehead atoms. The van der Waals surface area contributed by atoms with Gasteiger partial charge in [0.15, 0.2) is 0 Å². The molecule has 0 unspecified atom stereocenters. The lowest BCUT2D eigenvalue weighted by molar-refractivity contribution is -0.930. The minimum atomic E-state index is -0.0123. The molecule has 2 aliphatic carbocycles. The fourth-order valence-electron chi connectivity index (χ4n) is 6.78. The summed E-state index contributed by atoms with van der Waals surface area (Å²) < 4.78 is 6.05. The summed E-state index contributed by atoms with van der Waals surface area (Å²) in [6.07, 6.45) is 5.79. The van der Waals surface area contributed by atoms with Crippen LogP contribution in [0.1, 0.15) is 50.2 Å². The van der Waals surface area contributed by atoms with Crippen molar-refractivity contribution in [2.24, 2.45) is 23.2 Å². The summed E-state index contributed by atoms with van der Waals surface area (Å²) in [6.45, 7) is 9.52. The van der Waals surface area contributed by atoms with Crippen LogP contribution in [0.2, 0.25) is 0 Å². The predicted octanol–water partition coefficient (Wildman–Crippen LogP) is 4.59. The van der Waals surface area contributed by atoms with Gasteiger partial charge < -0.3 is 9.64 Å². The van der Waals surface area contributed by atoms with E-state index in [0.29, 0.717) is 11.8 Å². The number of rotatable bonds is 6. The molecule has 1 N–H and O–H groups in total. The first-order valence-corrected chi connectivity index (χ1v) is 12.3. The van der Waals surface area contributed by atoms with Crippen LogP contribution in [-0.2, 0) is 22.6 Å². The fraction of sp³-hybridized carbons (Fsp3) is 0.483. The van der Waals surface area contributed by atoms with Gasteiger partial charge in [0.05, 0.1) is 6.54 Å². The Morgan fingerprint density at radius 2 is 1.66 bits per heavy atom. The maximum Gasteiger partial charge on any atom is 0.315 e. The van der Waals surface area contributed by atoms with Crippen LogP contribution in [0.4, 0.5) is 0 Å². The van der Waals surface area contributed by atoms with Crippen molar-refractivity contribution in [2.45, 2.75) is 58.2 Å². The number of fused-ring (bicyclic) bond motifs is 2. The summed E-state index contributed by atoms with van der Waals surface area (Å²) in [5, 5.41) is 0. The second-order valence-corrected chi connectivity index (χ2v) is 10.7. The Hall–Kier alpha value is -2.39. The van der Waals surface area contributed by atoms with E-state index in [4.69, 9.17) is 4.74 Å². The van der Waals surface area contributed by atoms with Gasteiger partial charge in [0.2, 0.25) is 0 Å². The number of hydrogen-bond donors (Lipinski definition) is 1. The van der Waals surface area contributed by atoms with Crippen molar-refractivity contribution in [3.05, 3.63) is 83.9 Å². The van der Waals surface area contributed by atoms with Gasteiger partial charge in [0.1, 0.15) is 25.1 Å². The number of allylic oxidation sites excluding steroid dienone is 1. The van der Waals surface area contributed by atoms with Crippen molar-refractivity contribution in [3.8, 4) is 0 Å². The van der Waals surface area contributed by atoms with Crippen molar-refractivity contribution in [3.63, 3.8) is 0 Å². The average Bonchev–Trinajstić information content (AvgIpc) is 3.07. The van der Waals surface area contributed by atoms with Gasteiger partial charge in [-0.2, -0.15) is 0 Å². The lowest BCUT2D eigenvalue weighted by atomic mass is 9.55. The number of benzene rings is 2. The highest BCUT2D eigenvalue weighted by Crippen LogP contribution is 2.56. The second kappa shape index (κ2) is 8.86. The van der Waals surface area contributed by atoms with E-state index in [1.807, 2.05) is 0 Å². The van der Waals surface area contributed by atoms with Gasteiger partial charge in [-0.1, -0.05) is 79.7 Å². The monoisotopic (exact) mass is 430 g/mol. The number of nitrogens with one attached hydrogen (secondary N) is 1. The average molecular weight is 431 g/mol. The van der Waals surface area contributed by atoms with Crippen molar-refractivity contribution < 1.29 is 14.4 Å². The number of ether oxygens (including phenoxy) is 1. The first-order valence-electron chi connectivity index (χ1n) is 12.3. The fourth-order valence-corrected chi connectivity index (χ4v) is 6.78. The topological polar surface area (TPSA) is 30.7 Å². The summed E-state index contributed by atoms with van der Waals surface area (Å²) in [4.78, 5) is 14.5. The van der Waals surface area contributed by atoms with E-state index in [-0.39, 0.29) is 23.4 Å². The van der Waals surface area contributed by atoms with Crippen LogP contribution in [0.3, 0.4) is 0 Å². The molecule has 2 aromatic rings. The molecule has 1 saturated heterocycles. The summed E-state index contributed by atoms with van der Waals surface area (Å²) in [5.74, 6) is 0.895. The molecule has 5 atom stereocenters. The quantitative estimate of drug-likeness (QED) is 0.537. The third-order valence-corrected chi connectivity index (χ3v) is 8.42. The number of esters is 1. The van der Waals surface area contributed by atoms with Gasteiger partial charge in [-0.3, -0.25) is 4.79 Å². The molecule has 3 heteroatoms. The molecule has 32 heavy (non-hydrogen) atoms. The van der Waals surface area contributed by atoms with E-state index in [0.717, 1.165) is 38.9 Å². The molecule has 2 aromatic carbocycles. The molecule has 3 aliphatic rings. The standard InChI is InChI=1S/C29H35NO2/c1-21-10-9-15-29(2)17-27-24(16-26(21)29)25(28(31)32-27)20-30(18-22-11-5-3-6-12-22)19-23-13-7-4-8-14-23/h3-8,11-14,24-27H,1,9-10,15-20H2,2H3/p+1/t24-,25-,26+,27+,29-/m0/s1. The van der Waals surface area contributed by atoms with Crippen LogP contribution in [0.25, 0.3) is 0 Å². The first kappa shape index (κ1) is 21.5. The van der Waals surface area contributed by atoms with Gasteiger partial charge >= 0.3 is 5.97 Å². The van der Waals surface area contributed by atoms with E-state index in [1.54, 1.807) is 0 Å². The predicted molar refractivity (Wildman–Crippen MR) is 127 cm³/mol. The highest BCUT2D eigenvalue weighted by atomic mass is 16.6. The Morgan fingerprint density at radius 1 is 1.03 bits per heavy atom. The molecular weight excluding hydrogens is 394 g/mol. The van der Waals surface area contributed by atoms with E-state index in [1.165, 1.54) is 34.4 Å². The smallest absolute Gasteiger partial charge is 0.315 e. The molecule has 0 aromatic heterocycles. The Bertz CT molecular complexity index is 914. The lowest BCUT2D eigenvalue weighted by Gasteiger charge is -2.50. The molecule has 1 heterocycles. The van der Waals surface area contributed by atoms with Gasteiger partial charge in [0, 0.05) is 17.0 Å². The van der Waals surface area contributed by atoms with Crippen molar-refractivity contribution in [1.82, 2.24) is 0 Å². The molecule has 0 spiro atoms. The van der Waals surface area contributed by atoms with E-state index >= 15 is 0 Å². The van der Waals surface area contributed by atoms with E-state index in [2.05, 4.69) is 74.2 Å². The highest BCUT2D eigenvalue weighted by molar-refractivity contribution is 5.75. The molecule has 2 saturated carbocycles. The Morgan fingerprint density at radius 3 is 2.28 bits per heavy atom. The maximum atomic E-state index is 13.1. The molecular formula is C29H36NO2+. The highest BCUT2D eigenvalue weighted by Gasteiger charge is 2.56. The third-order valence-electron chi connectivity index (χ3n) is 8.42. The van der Waals surface area contributed by atoms with Crippen LogP contribution in [0.15, 0.2) is 72.8 Å². The van der Waals surface area contributed by atoms with Gasteiger partial charge in [0.25, 0.3) is 0 Å². The molecule has 3 fully saturated rings. The summed E-state index contributed by atoms with van der Waals surface area (Å²) in [6, 6.07) is 21.3. The molecule has 5 rings (SSSR count). The van der Waals surface area contributed by atoms with Gasteiger partial charge in [-0.15, -0.1) is 0 Å². The summed E-state index contributed by atoms with van der Waals surface area (Å²) in [7, 11) is 0. The third kappa shape index (κ3) is 4.28. The molecule has 0 radical (unpaired) electrons. The van der Waals surface area contributed by atoms with Crippen LogP contribution in [0, 0.1) is 23.2 Å². The van der Waals surface area contributed by atoms with Crippen LogP contribution in [0.5, 0.6) is 0 Å². The second-order valence-electron chi connectivity index (χ2n) is 10.7.